The fraction of sp³-hybridized carbons (Fsp3) is 0.333. The molecule has 0 heterocycles. The minimum absolute atomic E-state index is 0.00204. The third-order valence-corrected chi connectivity index (χ3v) is 5.14. The van der Waals surface area contributed by atoms with E-state index in [9.17, 15) is 27.9 Å². The van der Waals surface area contributed by atoms with Gasteiger partial charge in [0.25, 0.3) is 5.91 Å². The van der Waals surface area contributed by atoms with Crippen LogP contribution >= 0.6 is 0 Å². The molecule has 4 nitrogen and oxygen atoms in total. The molecule has 7 heteroatoms. The molecule has 0 saturated heterocycles. The lowest BCUT2D eigenvalue weighted by atomic mass is 9.85. The van der Waals surface area contributed by atoms with E-state index in [1.807, 2.05) is 0 Å². The first-order chi connectivity index (χ1) is 13.3. The van der Waals surface area contributed by atoms with E-state index >= 15 is 0 Å². The Morgan fingerprint density at radius 3 is 1.89 bits per heavy atom. The number of halogens is 3. The number of rotatable bonds is 4. The van der Waals surface area contributed by atoms with Crippen molar-refractivity contribution in [3.05, 3.63) is 59.7 Å². The van der Waals surface area contributed by atoms with Gasteiger partial charge in [-0.1, -0.05) is 36.4 Å². The van der Waals surface area contributed by atoms with Crippen LogP contribution in [0.3, 0.4) is 0 Å². The molecule has 0 unspecified atom stereocenters. The number of hydrogen-bond donors (Lipinski definition) is 2. The van der Waals surface area contributed by atoms with Gasteiger partial charge in [-0.2, -0.15) is 13.2 Å². The van der Waals surface area contributed by atoms with Crippen molar-refractivity contribution in [3.8, 4) is 11.1 Å². The topological polar surface area (TPSA) is 66.4 Å². The third kappa shape index (κ3) is 4.35. The van der Waals surface area contributed by atoms with Crippen molar-refractivity contribution in [2.75, 3.05) is 0 Å². The molecule has 0 aliphatic heterocycles. The molecule has 0 atom stereocenters. The SMILES string of the molecule is O=C(O)c1ccccc1-c1ccccc1C(=O)NC1CCC(C(F)(F)F)CC1. The number of carboxylic acids is 1. The number of nitrogens with one attached hydrogen (secondary N) is 1. The van der Waals surface area contributed by atoms with Gasteiger partial charge in [-0.05, 0) is 48.9 Å². The monoisotopic (exact) mass is 391 g/mol. The van der Waals surface area contributed by atoms with E-state index in [0.29, 0.717) is 16.7 Å². The third-order valence-electron chi connectivity index (χ3n) is 5.14. The maximum absolute atomic E-state index is 12.8. The first-order valence-electron chi connectivity index (χ1n) is 9.06. The fourth-order valence-electron chi connectivity index (χ4n) is 3.65. The highest BCUT2D eigenvalue weighted by atomic mass is 19.4. The Bertz CT molecular complexity index is 871. The minimum Gasteiger partial charge on any atom is -0.478 e. The summed E-state index contributed by atoms with van der Waals surface area (Å²) in [5, 5.41) is 12.2. The van der Waals surface area contributed by atoms with Crippen LogP contribution in [0.15, 0.2) is 48.5 Å². The van der Waals surface area contributed by atoms with E-state index in [-0.39, 0.29) is 37.3 Å². The number of carbonyl (C=O) groups is 2. The highest BCUT2D eigenvalue weighted by Gasteiger charge is 2.41. The van der Waals surface area contributed by atoms with E-state index in [4.69, 9.17) is 0 Å². The van der Waals surface area contributed by atoms with Crippen molar-refractivity contribution < 1.29 is 27.9 Å². The molecule has 0 bridgehead atoms. The van der Waals surface area contributed by atoms with E-state index in [1.165, 1.54) is 6.07 Å². The first-order valence-corrected chi connectivity index (χ1v) is 9.06. The van der Waals surface area contributed by atoms with Crippen LogP contribution < -0.4 is 5.32 Å². The maximum atomic E-state index is 12.8. The summed E-state index contributed by atoms with van der Waals surface area (Å²) in [4.78, 5) is 24.3. The standard InChI is InChI=1S/C21H20F3NO3/c22-21(23,24)13-9-11-14(12-10-13)25-19(26)17-7-3-1-5-15(17)16-6-2-4-8-18(16)20(27)28/h1-8,13-14H,9-12H2,(H,25,26)(H,27,28). The van der Waals surface area contributed by atoms with Crippen LogP contribution in [0.1, 0.15) is 46.4 Å². The van der Waals surface area contributed by atoms with Gasteiger partial charge in [0.15, 0.2) is 0 Å². The van der Waals surface area contributed by atoms with Crippen LogP contribution in [0.2, 0.25) is 0 Å². The van der Waals surface area contributed by atoms with Crippen molar-refractivity contribution in [3.63, 3.8) is 0 Å². The summed E-state index contributed by atoms with van der Waals surface area (Å²) in [6.07, 6.45) is -3.66. The molecule has 2 aromatic rings. The van der Waals surface area contributed by atoms with Gasteiger partial charge in [-0.15, -0.1) is 0 Å². The molecule has 0 aromatic heterocycles. The quantitative estimate of drug-likeness (QED) is 0.779. The molecule has 3 rings (SSSR count). The van der Waals surface area contributed by atoms with E-state index in [2.05, 4.69) is 5.32 Å². The average molecular weight is 391 g/mol. The predicted molar refractivity (Wildman–Crippen MR) is 98.1 cm³/mol. The van der Waals surface area contributed by atoms with Crippen LogP contribution in [0, 0.1) is 5.92 Å². The summed E-state index contributed by atoms with van der Waals surface area (Å²) < 4.78 is 38.4. The Kier molecular flexibility index (Phi) is 5.72. The lowest BCUT2D eigenvalue weighted by molar-refractivity contribution is -0.182. The first kappa shape index (κ1) is 19.9. The lowest BCUT2D eigenvalue weighted by Gasteiger charge is -2.30. The largest absolute Gasteiger partial charge is 0.478 e. The van der Waals surface area contributed by atoms with Crippen molar-refractivity contribution in [1.29, 1.82) is 0 Å². The number of hydrogen-bond acceptors (Lipinski definition) is 2. The summed E-state index contributed by atoms with van der Waals surface area (Å²) in [6, 6.07) is 12.7. The van der Waals surface area contributed by atoms with Crippen LogP contribution in [-0.4, -0.2) is 29.2 Å². The number of aromatic carboxylic acids is 1. The van der Waals surface area contributed by atoms with Gasteiger partial charge in [-0.3, -0.25) is 4.79 Å². The molecule has 1 saturated carbocycles. The average Bonchev–Trinajstić information content (AvgIpc) is 2.67. The van der Waals surface area contributed by atoms with Gasteiger partial charge in [-0.25, -0.2) is 4.79 Å². The van der Waals surface area contributed by atoms with Crippen molar-refractivity contribution in [2.45, 2.75) is 37.9 Å². The normalized spacial score (nSPS) is 19.8. The maximum Gasteiger partial charge on any atom is 0.391 e. The second-order valence-electron chi connectivity index (χ2n) is 6.96. The molecular formula is C21H20F3NO3. The van der Waals surface area contributed by atoms with E-state index in [0.717, 1.165) is 0 Å². The number of alkyl halides is 3. The van der Waals surface area contributed by atoms with Crippen LogP contribution in [0.5, 0.6) is 0 Å². The molecule has 148 valence electrons. The fourth-order valence-corrected chi connectivity index (χ4v) is 3.65. The highest BCUT2D eigenvalue weighted by molar-refractivity contribution is 6.04. The Labute approximate surface area is 160 Å². The Balaban J connectivity index is 1.79. The molecular weight excluding hydrogens is 371 g/mol. The van der Waals surface area contributed by atoms with Gasteiger partial charge in [0, 0.05) is 11.6 Å². The van der Waals surface area contributed by atoms with E-state index < -0.39 is 24.0 Å². The van der Waals surface area contributed by atoms with Gasteiger partial charge in [0.2, 0.25) is 0 Å². The molecule has 1 aliphatic rings. The van der Waals surface area contributed by atoms with Crippen molar-refractivity contribution in [2.24, 2.45) is 5.92 Å². The van der Waals surface area contributed by atoms with Gasteiger partial charge < -0.3 is 10.4 Å². The number of carboxylic acid groups (broad SMARTS) is 1. The summed E-state index contributed by atoms with van der Waals surface area (Å²) >= 11 is 0. The lowest BCUT2D eigenvalue weighted by Crippen LogP contribution is -2.40. The molecule has 2 N–H and O–H groups in total. The molecule has 28 heavy (non-hydrogen) atoms. The van der Waals surface area contributed by atoms with Gasteiger partial charge >= 0.3 is 12.1 Å². The summed E-state index contributed by atoms with van der Waals surface area (Å²) in [5.41, 5.74) is 1.27. The number of benzene rings is 2. The van der Waals surface area contributed by atoms with Crippen molar-refractivity contribution in [1.82, 2.24) is 5.32 Å². The molecule has 1 amide bonds. The number of carbonyl (C=O) groups excluding carboxylic acids is 1. The second-order valence-corrected chi connectivity index (χ2v) is 6.96. The van der Waals surface area contributed by atoms with Crippen LogP contribution in [0.25, 0.3) is 11.1 Å². The summed E-state index contributed by atoms with van der Waals surface area (Å²) in [7, 11) is 0. The summed E-state index contributed by atoms with van der Waals surface area (Å²) in [6.45, 7) is 0. The number of amides is 1. The molecule has 0 spiro atoms. The van der Waals surface area contributed by atoms with Crippen molar-refractivity contribution >= 4 is 11.9 Å². The Morgan fingerprint density at radius 2 is 1.36 bits per heavy atom. The minimum atomic E-state index is -4.19. The molecule has 1 fully saturated rings. The zero-order valence-electron chi connectivity index (χ0n) is 15.0. The van der Waals surface area contributed by atoms with Gasteiger partial charge in [0.1, 0.15) is 0 Å². The second kappa shape index (κ2) is 8.04. The van der Waals surface area contributed by atoms with Gasteiger partial charge in [0.05, 0.1) is 11.5 Å². The molecule has 1 aliphatic carbocycles. The smallest absolute Gasteiger partial charge is 0.391 e. The Hall–Kier alpha value is -2.83. The van der Waals surface area contributed by atoms with E-state index in [1.54, 1.807) is 42.5 Å². The predicted octanol–water partition coefficient (Wildman–Crippen LogP) is 4.90. The molecule has 0 radical (unpaired) electrons. The highest BCUT2D eigenvalue weighted by Crippen LogP contribution is 2.37. The zero-order chi connectivity index (χ0) is 20.3. The Morgan fingerprint density at radius 1 is 0.857 bits per heavy atom. The van der Waals surface area contributed by atoms with Crippen LogP contribution in [0.4, 0.5) is 13.2 Å². The summed E-state index contributed by atoms with van der Waals surface area (Å²) in [5.74, 6) is -2.82. The zero-order valence-corrected chi connectivity index (χ0v) is 15.0. The molecule has 2 aromatic carbocycles. The van der Waals surface area contributed by atoms with Crippen LogP contribution in [-0.2, 0) is 0 Å².